The Labute approximate surface area is 193 Å². The van der Waals surface area contributed by atoms with Crippen molar-refractivity contribution in [1.29, 1.82) is 0 Å². The Morgan fingerprint density at radius 2 is 1.79 bits per heavy atom. The summed E-state index contributed by atoms with van der Waals surface area (Å²) in [4.78, 5) is 17.0. The van der Waals surface area contributed by atoms with Gasteiger partial charge in [0.25, 0.3) is 5.91 Å². The summed E-state index contributed by atoms with van der Waals surface area (Å²) in [5.74, 6) is 1.28. The molecule has 0 saturated heterocycles. The molecule has 170 valence electrons. The largest absolute Gasteiger partial charge is 0.492 e. The number of imidazole rings is 1. The molecule has 33 heavy (non-hydrogen) atoms. The van der Waals surface area contributed by atoms with Gasteiger partial charge in [-0.2, -0.15) is 0 Å². The number of nitrogens with zero attached hydrogens (tertiary/aromatic N) is 2. The number of carbonyl (C=O) groups excluding carboxylic acids is 1. The van der Waals surface area contributed by atoms with Gasteiger partial charge in [-0.25, -0.2) is 9.37 Å². The van der Waals surface area contributed by atoms with E-state index in [2.05, 4.69) is 35.0 Å². The summed E-state index contributed by atoms with van der Waals surface area (Å²) in [6.45, 7) is 3.88. The smallest absolute Gasteiger partial charge is 0.251 e. The SMILES string of the molecule is CCc1ccc(OCCn2c(CCCNC(=O)c3ccc(F)cc3)nc3ccccc32)cc1. The number of carbonyl (C=O) groups is 1. The molecule has 4 rings (SSSR count). The van der Waals surface area contributed by atoms with Crippen molar-refractivity contribution in [1.82, 2.24) is 14.9 Å². The van der Waals surface area contributed by atoms with E-state index in [9.17, 15) is 9.18 Å². The number of aryl methyl sites for hydroxylation is 2. The fourth-order valence-corrected chi connectivity index (χ4v) is 3.79. The molecule has 0 bridgehead atoms. The quantitative estimate of drug-likeness (QED) is 0.342. The first-order valence-electron chi connectivity index (χ1n) is 11.3. The number of nitrogens with one attached hydrogen (secondary N) is 1. The average molecular weight is 446 g/mol. The number of amides is 1. The van der Waals surface area contributed by atoms with Gasteiger partial charge in [0, 0.05) is 18.5 Å². The van der Waals surface area contributed by atoms with Gasteiger partial charge in [-0.3, -0.25) is 4.79 Å². The van der Waals surface area contributed by atoms with Crippen LogP contribution < -0.4 is 10.1 Å². The molecule has 3 aromatic carbocycles. The van der Waals surface area contributed by atoms with E-state index in [-0.39, 0.29) is 11.7 Å². The van der Waals surface area contributed by atoms with Crippen LogP contribution in [0.25, 0.3) is 11.0 Å². The van der Waals surface area contributed by atoms with E-state index in [1.54, 1.807) is 0 Å². The molecule has 0 fully saturated rings. The van der Waals surface area contributed by atoms with Gasteiger partial charge in [-0.15, -0.1) is 0 Å². The van der Waals surface area contributed by atoms with E-state index in [1.807, 2.05) is 30.3 Å². The lowest BCUT2D eigenvalue weighted by Crippen LogP contribution is -2.25. The highest BCUT2D eigenvalue weighted by Crippen LogP contribution is 2.18. The Balaban J connectivity index is 1.35. The molecule has 0 unspecified atom stereocenters. The standard InChI is InChI=1S/C27H28FN3O2/c1-2-20-9-15-23(16-10-20)33-19-18-31-25-7-4-3-6-24(25)30-26(31)8-5-17-29-27(32)21-11-13-22(28)14-12-21/h3-4,6-7,9-16H,2,5,8,17-19H2,1H3,(H,29,32). The molecule has 0 radical (unpaired) electrons. The minimum Gasteiger partial charge on any atom is -0.492 e. The Kier molecular flexibility index (Phi) is 7.35. The zero-order valence-corrected chi connectivity index (χ0v) is 18.8. The maximum Gasteiger partial charge on any atom is 0.251 e. The number of hydrogen-bond donors (Lipinski definition) is 1. The second kappa shape index (κ2) is 10.8. The van der Waals surface area contributed by atoms with Gasteiger partial charge in [0.05, 0.1) is 17.6 Å². The second-order valence-corrected chi connectivity index (χ2v) is 7.88. The van der Waals surface area contributed by atoms with Gasteiger partial charge >= 0.3 is 0 Å². The van der Waals surface area contributed by atoms with Crippen molar-refractivity contribution in [3.63, 3.8) is 0 Å². The fourth-order valence-electron chi connectivity index (χ4n) is 3.79. The van der Waals surface area contributed by atoms with Crippen molar-refractivity contribution in [2.45, 2.75) is 32.7 Å². The molecule has 1 heterocycles. The molecule has 0 spiro atoms. The van der Waals surface area contributed by atoms with Crippen molar-refractivity contribution in [3.8, 4) is 5.75 Å². The van der Waals surface area contributed by atoms with Gasteiger partial charge in [-0.05, 0) is 66.9 Å². The van der Waals surface area contributed by atoms with Crippen molar-refractivity contribution in [3.05, 3.63) is 95.6 Å². The van der Waals surface area contributed by atoms with Crippen LogP contribution in [-0.4, -0.2) is 28.6 Å². The number of para-hydroxylation sites is 2. The molecule has 4 aromatic rings. The number of halogens is 1. The molecule has 1 N–H and O–H groups in total. The van der Waals surface area contributed by atoms with Crippen LogP contribution >= 0.6 is 0 Å². The van der Waals surface area contributed by atoms with Crippen LogP contribution in [0.4, 0.5) is 4.39 Å². The van der Waals surface area contributed by atoms with E-state index in [1.165, 1.54) is 29.8 Å². The van der Waals surface area contributed by atoms with Crippen molar-refractivity contribution in [2.24, 2.45) is 0 Å². The lowest BCUT2D eigenvalue weighted by atomic mass is 10.2. The van der Waals surface area contributed by atoms with E-state index in [4.69, 9.17) is 9.72 Å². The first-order valence-corrected chi connectivity index (χ1v) is 11.3. The maximum atomic E-state index is 13.0. The Morgan fingerprint density at radius 3 is 2.55 bits per heavy atom. The molecule has 0 aliphatic carbocycles. The molecular formula is C27H28FN3O2. The topological polar surface area (TPSA) is 56.1 Å². The normalized spacial score (nSPS) is 11.0. The third kappa shape index (κ3) is 5.77. The summed E-state index contributed by atoms with van der Waals surface area (Å²) < 4.78 is 21.2. The summed E-state index contributed by atoms with van der Waals surface area (Å²) >= 11 is 0. The third-order valence-corrected chi connectivity index (χ3v) is 5.62. The Bertz CT molecular complexity index is 1200. The van der Waals surface area contributed by atoms with Crippen molar-refractivity contribution >= 4 is 16.9 Å². The minimum absolute atomic E-state index is 0.203. The zero-order chi connectivity index (χ0) is 23.0. The highest BCUT2D eigenvalue weighted by molar-refractivity contribution is 5.94. The van der Waals surface area contributed by atoms with Crippen LogP contribution in [0.5, 0.6) is 5.75 Å². The minimum atomic E-state index is -0.354. The highest BCUT2D eigenvalue weighted by atomic mass is 19.1. The van der Waals surface area contributed by atoms with Crippen molar-refractivity contribution < 1.29 is 13.9 Å². The monoisotopic (exact) mass is 445 g/mol. The summed E-state index contributed by atoms with van der Waals surface area (Å²) in [5.41, 5.74) is 3.77. The summed E-state index contributed by atoms with van der Waals surface area (Å²) in [6.07, 6.45) is 2.48. The molecule has 0 aliphatic rings. The first kappa shape index (κ1) is 22.5. The fraction of sp³-hybridized carbons (Fsp3) is 0.259. The predicted octanol–water partition coefficient (Wildman–Crippen LogP) is 5.18. The van der Waals surface area contributed by atoms with Crippen LogP contribution in [0.2, 0.25) is 0 Å². The first-order chi connectivity index (χ1) is 16.1. The lowest BCUT2D eigenvalue weighted by molar-refractivity contribution is 0.0953. The van der Waals surface area contributed by atoms with Gasteiger partial charge < -0.3 is 14.6 Å². The molecule has 6 heteroatoms. The Morgan fingerprint density at radius 1 is 1.03 bits per heavy atom. The highest BCUT2D eigenvalue weighted by Gasteiger charge is 2.11. The summed E-state index contributed by atoms with van der Waals surface area (Å²) in [6, 6.07) is 21.8. The molecule has 1 aromatic heterocycles. The number of benzene rings is 3. The van der Waals surface area contributed by atoms with Gasteiger partial charge in [0.1, 0.15) is 24.0 Å². The van der Waals surface area contributed by atoms with Crippen molar-refractivity contribution in [2.75, 3.05) is 13.2 Å². The van der Waals surface area contributed by atoms with E-state index < -0.39 is 0 Å². The number of rotatable bonds is 10. The van der Waals surface area contributed by atoms with Crippen LogP contribution in [0.1, 0.15) is 35.1 Å². The van der Waals surface area contributed by atoms with E-state index in [0.29, 0.717) is 25.3 Å². The number of fused-ring (bicyclic) bond motifs is 1. The van der Waals surface area contributed by atoms with Crippen LogP contribution in [0.3, 0.4) is 0 Å². The second-order valence-electron chi connectivity index (χ2n) is 7.88. The average Bonchev–Trinajstić information content (AvgIpc) is 3.20. The lowest BCUT2D eigenvalue weighted by Gasteiger charge is -2.11. The summed E-state index contributed by atoms with van der Waals surface area (Å²) in [7, 11) is 0. The van der Waals surface area contributed by atoms with Crippen LogP contribution in [0.15, 0.2) is 72.8 Å². The predicted molar refractivity (Wildman–Crippen MR) is 128 cm³/mol. The molecular weight excluding hydrogens is 417 g/mol. The zero-order valence-electron chi connectivity index (χ0n) is 18.8. The molecule has 5 nitrogen and oxygen atoms in total. The van der Waals surface area contributed by atoms with E-state index >= 15 is 0 Å². The van der Waals surface area contributed by atoms with E-state index in [0.717, 1.165) is 41.9 Å². The Hall–Kier alpha value is -3.67. The van der Waals surface area contributed by atoms with Gasteiger partial charge in [0.2, 0.25) is 0 Å². The number of ether oxygens (including phenoxy) is 1. The molecule has 0 aliphatic heterocycles. The van der Waals surface area contributed by atoms with Gasteiger partial charge in [-0.1, -0.05) is 31.2 Å². The molecule has 0 saturated carbocycles. The van der Waals surface area contributed by atoms with Crippen LogP contribution in [-0.2, 0) is 19.4 Å². The maximum absolute atomic E-state index is 13.0. The molecule has 1 amide bonds. The third-order valence-electron chi connectivity index (χ3n) is 5.62. The number of aromatic nitrogens is 2. The number of hydrogen-bond acceptors (Lipinski definition) is 3. The van der Waals surface area contributed by atoms with Gasteiger partial charge in [0.15, 0.2) is 0 Å². The van der Waals surface area contributed by atoms with Crippen LogP contribution in [0, 0.1) is 5.82 Å². The molecule has 0 atom stereocenters. The summed E-state index contributed by atoms with van der Waals surface area (Å²) in [5, 5.41) is 2.89.